The van der Waals surface area contributed by atoms with Gasteiger partial charge in [0.05, 0.1) is 19.1 Å². The predicted molar refractivity (Wildman–Crippen MR) is 51.3 cm³/mol. The fourth-order valence-corrected chi connectivity index (χ4v) is 2.52. The molecule has 1 N–H and O–H groups in total. The van der Waals surface area contributed by atoms with Gasteiger partial charge in [0.25, 0.3) is 0 Å². The van der Waals surface area contributed by atoms with Crippen LogP contribution >= 0.6 is 0 Å². The van der Waals surface area contributed by atoms with E-state index in [4.69, 9.17) is 9.84 Å². The molecule has 5 nitrogen and oxygen atoms in total. The molecule has 1 atom stereocenters. The van der Waals surface area contributed by atoms with Gasteiger partial charge in [-0.2, -0.15) is 0 Å². The SMILES string of the molecule is CCC(=O)N1CCC(C(=O)O)C12COC2. The lowest BCUT2D eigenvalue weighted by atomic mass is 9.83. The first-order valence-electron chi connectivity index (χ1n) is 5.23. The van der Waals surface area contributed by atoms with Crippen molar-refractivity contribution in [2.75, 3.05) is 19.8 Å². The maximum atomic E-state index is 11.7. The Kier molecular flexibility index (Phi) is 2.42. The van der Waals surface area contributed by atoms with E-state index >= 15 is 0 Å². The summed E-state index contributed by atoms with van der Waals surface area (Å²) in [5.74, 6) is -1.24. The average Bonchev–Trinajstić information content (AvgIpc) is 2.55. The predicted octanol–water partition coefficient (Wildman–Crippen LogP) is 0.0985. The quantitative estimate of drug-likeness (QED) is 0.706. The Hall–Kier alpha value is -1.10. The van der Waals surface area contributed by atoms with Gasteiger partial charge in [0.2, 0.25) is 5.91 Å². The van der Waals surface area contributed by atoms with Crippen LogP contribution in [0.3, 0.4) is 0 Å². The van der Waals surface area contributed by atoms with E-state index in [2.05, 4.69) is 0 Å². The second-order valence-corrected chi connectivity index (χ2v) is 4.17. The average molecular weight is 213 g/mol. The number of aliphatic carboxylic acids is 1. The molecule has 0 aromatic rings. The Morgan fingerprint density at radius 1 is 1.53 bits per heavy atom. The summed E-state index contributed by atoms with van der Waals surface area (Å²) in [6.07, 6.45) is 0.971. The number of hydrogen-bond acceptors (Lipinski definition) is 3. The summed E-state index contributed by atoms with van der Waals surface area (Å²) in [6, 6.07) is 0. The van der Waals surface area contributed by atoms with Crippen LogP contribution in [0.2, 0.25) is 0 Å². The third kappa shape index (κ3) is 1.33. The van der Waals surface area contributed by atoms with E-state index < -0.39 is 17.4 Å². The minimum Gasteiger partial charge on any atom is -0.481 e. The van der Waals surface area contributed by atoms with Crippen LogP contribution in [0.25, 0.3) is 0 Å². The molecular weight excluding hydrogens is 198 g/mol. The van der Waals surface area contributed by atoms with Crippen LogP contribution in [-0.4, -0.2) is 47.2 Å². The van der Waals surface area contributed by atoms with Gasteiger partial charge < -0.3 is 14.7 Å². The topological polar surface area (TPSA) is 66.8 Å². The van der Waals surface area contributed by atoms with Crippen LogP contribution in [0.5, 0.6) is 0 Å². The molecule has 84 valence electrons. The molecule has 2 saturated heterocycles. The van der Waals surface area contributed by atoms with Crippen LogP contribution < -0.4 is 0 Å². The van der Waals surface area contributed by atoms with Crippen molar-refractivity contribution in [3.05, 3.63) is 0 Å². The summed E-state index contributed by atoms with van der Waals surface area (Å²) in [6.45, 7) is 3.09. The molecule has 0 bridgehead atoms. The molecular formula is C10H15NO4. The van der Waals surface area contributed by atoms with Gasteiger partial charge in [0.1, 0.15) is 5.54 Å². The molecule has 0 aliphatic carbocycles. The minimum atomic E-state index is -0.815. The molecule has 0 aromatic heterocycles. The summed E-state index contributed by atoms with van der Waals surface area (Å²) in [4.78, 5) is 24.4. The van der Waals surface area contributed by atoms with E-state index in [1.165, 1.54) is 0 Å². The van der Waals surface area contributed by atoms with Crippen LogP contribution in [0, 0.1) is 5.92 Å². The first-order chi connectivity index (χ1) is 7.12. The number of amides is 1. The van der Waals surface area contributed by atoms with Gasteiger partial charge in [0.15, 0.2) is 0 Å². The van der Waals surface area contributed by atoms with Gasteiger partial charge in [-0.15, -0.1) is 0 Å². The van der Waals surface area contributed by atoms with Crippen LogP contribution in [-0.2, 0) is 14.3 Å². The van der Waals surface area contributed by atoms with Crippen LogP contribution in [0.15, 0.2) is 0 Å². The van der Waals surface area contributed by atoms with Crippen molar-refractivity contribution >= 4 is 11.9 Å². The molecule has 5 heteroatoms. The highest BCUT2D eigenvalue weighted by Crippen LogP contribution is 2.41. The number of nitrogens with zero attached hydrogens (tertiary/aromatic N) is 1. The zero-order valence-corrected chi connectivity index (χ0v) is 8.73. The number of carboxylic acid groups (broad SMARTS) is 1. The van der Waals surface area contributed by atoms with Gasteiger partial charge in [-0.25, -0.2) is 0 Å². The Bertz CT molecular complexity index is 298. The van der Waals surface area contributed by atoms with Gasteiger partial charge >= 0.3 is 5.97 Å². The number of rotatable bonds is 2. The Labute approximate surface area is 88.0 Å². The third-order valence-electron chi connectivity index (χ3n) is 3.43. The Balaban J connectivity index is 2.22. The van der Waals surface area contributed by atoms with Crippen molar-refractivity contribution in [1.82, 2.24) is 4.90 Å². The molecule has 1 spiro atoms. The normalized spacial score (nSPS) is 27.8. The van der Waals surface area contributed by atoms with Gasteiger partial charge in [-0.3, -0.25) is 9.59 Å². The zero-order valence-electron chi connectivity index (χ0n) is 8.73. The molecule has 2 aliphatic rings. The molecule has 0 saturated carbocycles. The van der Waals surface area contributed by atoms with E-state index in [1.807, 2.05) is 0 Å². The number of carboxylic acids is 1. The Morgan fingerprint density at radius 3 is 2.60 bits per heavy atom. The van der Waals surface area contributed by atoms with E-state index in [9.17, 15) is 9.59 Å². The summed E-state index contributed by atoms with van der Waals surface area (Å²) in [5, 5.41) is 9.09. The number of carbonyl (C=O) groups is 2. The molecule has 1 amide bonds. The number of likely N-dealkylation sites (tertiary alicyclic amines) is 1. The monoisotopic (exact) mass is 213 g/mol. The fourth-order valence-electron chi connectivity index (χ4n) is 2.52. The minimum absolute atomic E-state index is 0.0297. The molecule has 2 aliphatic heterocycles. The maximum Gasteiger partial charge on any atom is 0.309 e. The molecule has 15 heavy (non-hydrogen) atoms. The third-order valence-corrected chi connectivity index (χ3v) is 3.43. The smallest absolute Gasteiger partial charge is 0.309 e. The highest BCUT2D eigenvalue weighted by Gasteiger charge is 2.58. The van der Waals surface area contributed by atoms with Gasteiger partial charge in [-0.1, -0.05) is 6.92 Å². The van der Waals surface area contributed by atoms with Gasteiger partial charge in [-0.05, 0) is 6.42 Å². The molecule has 2 fully saturated rings. The van der Waals surface area contributed by atoms with Crippen molar-refractivity contribution in [1.29, 1.82) is 0 Å². The summed E-state index contributed by atoms with van der Waals surface area (Å²) in [5.41, 5.74) is -0.543. The molecule has 0 radical (unpaired) electrons. The first-order valence-corrected chi connectivity index (χ1v) is 5.23. The first kappa shape index (κ1) is 10.4. The van der Waals surface area contributed by atoms with E-state index in [0.29, 0.717) is 32.6 Å². The van der Waals surface area contributed by atoms with Crippen molar-refractivity contribution in [3.8, 4) is 0 Å². The maximum absolute atomic E-state index is 11.7. The molecule has 2 rings (SSSR count). The summed E-state index contributed by atoms with van der Waals surface area (Å²) in [7, 11) is 0. The lowest BCUT2D eigenvalue weighted by molar-refractivity contribution is -0.177. The number of carbonyl (C=O) groups excluding carboxylic acids is 1. The second kappa shape index (κ2) is 3.48. The fraction of sp³-hybridized carbons (Fsp3) is 0.800. The van der Waals surface area contributed by atoms with E-state index in [0.717, 1.165) is 0 Å². The molecule has 1 unspecified atom stereocenters. The zero-order chi connectivity index (χ0) is 11.1. The van der Waals surface area contributed by atoms with Crippen molar-refractivity contribution < 1.29 is 19.4 Å². The summed E-state index contributed by atoms with van der Waals surface area (Å²) >= 11 is 0. The lowest BCUT2D eigenvalue weighted by Gasteiger charge is -2.47. The van der Waals surface area contributed by atoms with Crippen molar-refractivity contribution in [2.24, 2.45) is 5.92 Å². The molecule has 0 aromatic carbocycles. The Morgan fingerprint density at radius 2 is 2.20 bits per heavy atom. The van der Waals surface area contributed by atoms with E-state index in [1.54, 1.807) is 11.8 Å². The lowest BCUT2D eigenvalue weighted by Crippen LogP contribution is -2.64. The highest BCUT2D eigenvalue weighted by molar-refractivity contribution is 5.81. The molecule has 2 heterocycles. The van der Waals surface area contributed by atoms with Gasteiger partial charge in [0, 0.05) is 13.0 Å². The number of hydrogen-bond donors (Lipinski definition) is 1. The van der Waals surface area contributed by atoms with Crippen molar-refractivity contribution in [3.63, 3.8) is 0 Å². The largest absolute Gasteiger partial charge is 0.481 e. The van der Waals surface area contributed by atoms with Crippen LogP contribution in [0.1, 0.15) is 19.8 Å². The standard InChI is InChI=1S/C10H15NO4/c1-2-8(12)11-4-3-7(9(13)14)10(11)5-15-6-10/h7H,2-6H2,1H3,(H,13,14). The van der Waals surface area contributed by atoms with Crippen molar-refractivity contribution in [2.45, 2.75) is 25.3 Å². The second-order valence-electron chi connectivity index (χ2n) is 4.17. The van der Waals surface area contributed by atoms with E-state index in [-0.39, 0.29) is 5.91 Å². The van der Waals surface area contributed by atoms with Crippen LogP contribution in [0.4, 0.5) is 0 Å². The summed E-state index contributed by atoms with van der Waals surface area (Å²) < 4.78 is 5.11. The highest BCUT2D eigenvalue weighted by atomic mass is 16.5. The number of ether oxygens (including phenoxy) is 1.